The van der Waals surface area contributed by atoms with Gasteiger partial charge in [0.1, 0.15) is 0 Å². The summed E-state index contributed by atoms with van der Waals surface area (Å²) in [5.74, 6) is 1.29. The van der Waals surface area contributed by atoms with Crippen LogP contribution < -0.4 is 10.6 Å². The number of anilines is 1. The van der Waals surface area contributed by atoms with Gasteiger partial charge in [-0.05, 0) is 18.2 Å². The van der Waals surface area contributed by atoms with Crippen LogP contribution in [-0.4, -0.2) is 52.0 Å². The maximum Gasteiger partial charge on any atom is 0.225 e. The van der Waals surface area contributed by atoms with Gasteiger partial charge in [0.2, 0.25) is 5.95 Å². The summed E-state index contributed by atoms with van der Waals surface area (Å²) in [7, 11) is 0. The molecular formula is C15H18ClN7. The molecule has 3 heterocycles. The summed E-state index contributed by atoms with van der Waals surface area (Å²) in [5.41, 5.74) is 6.92. The second-order valence-electron chi connectivity index (χ2n) is 5.17. The van der Waals surface area contributed by atoms with E-state index in [0.29, 0.717) is 17.5 Å². The highest BCUT2D eigenvalue weighted by atomic mass is 35.5. The summed E-state index contributed by atoms with van der Waals surface area (Å²) in [6, 6.07) is 5.47. The summed E-state index contributed by atoms with van der Waals surface area (Å²) >= 11 is 5.81. The van der Waals surface area contributed by atoms with Gasteiger partial charge in [0, 0.05) is 44.8 Å². The maximum absolute atomic E-state index is 6.08. The number of aromatic nitrogens is 3. The molecule has 3 rings (SSSR count). The molecule has 1 aliphatic heterocycles. The van der Waals surface area contributed by atoms with Gasteiger partial charge in [0.15, 0.2) is 5.96 Å². The van der Waals surface area contributed by atoms with Crippen molar-refractivity contribution in [2.45, 2.75) is 6.54 Å². The topological polar surface area (TPSA) is 83.5 Å². The average molecular weight is 332 g/mol. The third-order valence-electron chi connectivity index (χ3n) is 3.63. The van der Waals surface area contributed by atoms with Crippen molar-refractivity contribution in [3.05, 3.63) is 47.5 Å². The lowest BCUT2D eigenvalue weighted by Crippen LogP contribution is -2.51. The zero-order valence-electron chi connectivity index (χ0n) is 12.6. The van der Waals surface area contributed by atoms with Crippen LogP contribution in [0.15, 0.2) is 41.8 Å². The predicted octanol–water partition coefficient (Wildman–Crippen LogP) is 1.16. The van der Waals surface area contributed by atoms with Crippen LogP contribution in [0.1, 0.15) is 5.69 Å². The molecule has 0 spiro atoms. The third kappa shape index (κ3) is 4.07. The average Bonchev–Trinajstić information content (AvgIpc) is 2.62. The molecule has 0 atom stereocenters. The number of hydrogen-bond donors (Lipinski definition) is 1. The van der Waals surface area contributed by atoms with Crippen molar-refractivity contribution in [2.75, 3.05) is 31.1 Å². The highest BCUT2D eigenvalue weighted by Gasteiger charge is 2.19. The molecule has 0 saturated carbocycles. The van der Waals surface area contributed by atoms with Gasteiger partial charge in [-0.3, -0.25) is 4.98 Å². The Morgan fingerprint density at radius 3 is 2.52 bits per heavy atom. The molecule has 7 nitrogen and oxygen atoms in total. The molecule has 0 aliphatic carbocycles. The predicted molar refractivity (Wildman–Crippen MR) is 90.4 cm³/mol. The van der Waals surface area contributed by atoms with E-state index in [4.69, 9.17) is 17.3 Å². The summed E-state index contributed by atoms with van der Waals surface area (Å²) in [5, 5.41) is 0.616. The summed E-state index contributed by atoms with van der Waals surface area (Å²) in [6.45, 7) is 3.67. The molecule has 2 aromatic heterocycles. The standard InChI is InChI=1S/C15H18ClN7/c16-12-2-3-13(20-10-12)11-21-14(17)22-6-8-23(9-7-22)15-18-4-1-5-19-15/h1-5,10H,6-9,11H2,(H2,17,21). The summed E-state index contributed by atoms with van der Waals surface area (Å²) < 4.78 is 0. The normalized spacial score (nSPS) is 15.8. The minimum Gasteiger partial charge on any atom is -0.370 e. The largest absolute Gasteiger partial charge is 0.370 e. The molecule has 0 aromatic carbocycles. The first-order valence-electron chi connectivity index (χ1n) is 7.39. The Morgan fingerprint density at radius 1 is 1.13 bits per heavy atom. The quantitative estimate of drug-likeness (QED) is 0.671. The van der Waals surface area contributed by atoms with Crippen molar-refractivity contribution >= 4 is 23.5 Å². The van der Waals surface area contributed by atoms with E-state index in [-0.39, 0.29) is 0 Å². The Morgan fingerprint density at radius 2 is 1.87 bits per heavy atom. The Kier molecular flexibility index (Phi) is 4.87. The van der Waals surface area contributed by atoms with Crippen molar-refractivity contribution in [3.63, 3.8) is 0 Å². The van der Waals surface area contributed by atoms with Gasteiger partial charge in [-0.25, -0.2) is 15.0 Å². The number of hydrogen-bond acceptors (Lipinski definition) is 5. The van der Waals surface area contributed by atoms with Crippen molar-refractivity contribution < 1.29 is 0 Å². The van der Waals surface area contributed by atoms with Crippen LogP contribution in [0.25, 0.3) is 0 Å². The van der Waals surface area contributed by atoms with Crippen LogP contribution in [0, 0.1) is 0 Å². The first-order valence-corrected chi connectivity index (χ1v) is 7.77. The molecule has 8 heteroatoms. The number of aliphatic imine (C=N–C) groups is 1. The Labute approximate surface area is 139 Å². The fourth-order valence-corrected chi connectivity index (χ4v) is 2.46. The number of halogens is 1. The summed E-state index contributed by atoms with van der Waals surface area (Å²) in [4.78, 5) is 21.4. The molecule has 2 aromatic rings. The maximum atomic E-state index is 6.08. The van der Waals surface area contributed by atoms with Crippen LogP contribution >= 0.6 is 11.6 Å². The van der Waals surface area contributed by atoms with Crippen molar-refractivity contribution in [3.8, 4) is 0 Å². The van der Waals surface area contributed by atoms with Gasteiger partial charge >= 0.3 is 0 Å². The van der Waals surface area contributed by atoms with E-state index in [1.165, 1.54) is 0 Å². The highest BCUT2D eigenvalue weighted by molar-refractivity contribution is 6.30. The second-order valence-corrected chi connectivity index (χ2v) is 5.60. The fourth-order valence-electron chi connectivity index (χ4n) is 2.35. The van der Waals surface area contributed by atoms with Gasteiger partial charge in [-0.2, -0.15) is 0 Å². The van der Waals surface area contributed by atoms with Gasteiger partial charge in [-0.1, -0.05) is 11.6 Å². The molecule has 0 radical (unpaired) electrons. The lowest BCUT2D eigenvalue weighted by atomic mass is 10.3. The number of nitrogens with two attached hydrogens (primary N) is 1. The van der Waals surface area contributed by atoms with Gasteiger partial charge in [-0.15, -0.1) is 0 Å². The zero-order valence-corrected chi connectivity index (χ0v) is 13.4. The van der Waals surface area contributed by atoms with E-state index in [2.05, 4.69) is 29.7 Å². The molecule has 2 N–H and O–H groups in total. The zero-order chi connectivity index (χ0) is 16.1. The SMILES string of the molecule is NC(=NCc1ccc(Cl)cn1)N1CCN(c2ncccn2)CC1. The van der Waals surface area contributed by atoms with Crippen LogP contribution in [0.5, 0.6) is 0 Å². The van der Waals surface area contributed by atoms with E-state index < -0.39 is 0 Å². The highest BCUT2D eigenvalue weighted by Crippen LogP contribution is 2.10. The van der Waals surface area contributed by atoms with Crippen molar-refractivity contribution in [1.82, 2.24) is 19.9 Å². The van der Waals surface area contributed by atoms with Gasteiger partial charge in [0.25, 0.3) is 0 Å². The van der Waals surface area contributed by atoms with Crippen molar-refractivity contribution in [2.24, 2.45) is 10.7 Å². The Balaban J connectivity index is 1.54. The summed E-state index contributed by atoms with van der Waals surface area (Å²) in [6.07, 6.45) is 5.12. The minimum atomic E-state index is 0.449. The molecule has 1 aliphatic rings. The number of guanidine groups is 1. The van der Waals surface area contributed by atoms with E-state index in [1.807, 2.05) is 12.1 Å². The molecular weight excluding hydrogens is 314 g/mol. The van der Waals surface area contributed by atoms with Crippen LogP contribution in [-0.2, 0) is 6.54 Å². The smallest absolute Gasteiger partial charge is 0.225 e. The monoisotopic (exact) mass is 331 g/mol. The first kappa shape index (κ1) is 15.5. The second kappa shape index (κ2) is 7.23. The lowest BCUT2D eigenvalue weighted by Gasteiger charge is -2.35. The Hall–Kier alpha value is -2.41. The number of piperazine rings is 1. The van der Waals surface area contributed by atoms with Crippen LogP contribution in [0.4, 0.5) is 5.95 Å². The third-order valence-corrected chi connectivity index (χ3v) is 3.85. The number of nitrogens with zero attached hydrogens (tertiary/aromatic N) is 6. The van der Waals surface area contributed by atoms with E-state index >= 15 is 0 Å². The molecule has 0 unspecified atom stereocenters. The molecule has 1 fully saturated rings. The molecule has 1 saturated heterocycles. The van der Waals surface area contributed by atoms with E-state index in [0.717, 1.165) is 37.8 Å². The lowest BCUT2D eigenvalue weighted by molar-refractivity contribution is 0.378. The number of rotatable bonds is 3. The Bertz CT molecular complexity index is 651. The fraction of sp³-hybridized carbons (Fsp3) is 0.333. The van der Waals surface area contributed by atoms with Gasteiger partial charge in [0.05, 0.1) is 17.3 Å². The first-order chi connectivity index (χ1) is 11.2. The molecule has 120 valence electrons. The van der Waals surface area contributed by atoms with E-state index in [9.17, 15) is 0 Å². The molecule has 0 amide bonds. The minimum absolute atomic E-state index is 0.449. The molecule has 23 heavy (non-hydrogen) atoms. The number of pyridine rings is 1. The van der Waals surface area contributed by atoms with Crippen molar-refractivity contribution in [1.29, 1.82) is 0 Å². The van der Waals surface area contributed by atoms with Crippen LogP contribution in [0.2, 0.25) is 5.02 Å². The van der Waals surface area contributed by atoms with Crippen LogP contribution in [0.3, 0.4) is 0 Å². The van der Waals surface area contributed by atoms with Gasteiger partial charge < -0.3 is 15.5 Å². The van der Waals surface area contributed by atoms with E-state index in [1.54, 1.807) is 24.7 Å². The molecule has 0 bridgehead atoms.